The van der Waals surface area contributed by atoms with E-state index in [0.29, 0.717) is 6.01 Å². The van der Waals surface area contributed by atoms with Gasteiger partial charge in [0.2, 0.25) is 0 Å². The quantitative estimate of drug-likeness (QED) is 0.719. The normalized spacial score (nSPS) is 15.5. The summed E-state index contributed by atoms with van der Waals surface area (Å²) in [5, 5.41) is 1.08. The van der Waals surface area contributed by atoms with Crippen LogP contribution < -0.4 is 9.64 Å². The second-order valence-electron chi connectivity index (χ2n) is 6.06. The van der Waals surface area contributed by atoms with Gasteiger partial charge in [0.1, 0.15) is 6.33 Å². The number of aromatic nitrogens is 4. The van der Waals surface area contributed by atoms with Crippen molar-refractivity contribution >= 4 is 16.6 Å². The molecule has 0 spiro atoms. The highest BCUT2D eigenvalue weighted by molar-refractivity contribution is 5.81. The predicted octanol–water partition coefficient (Wildman–Crippen LogP) is 1.75. The number of ether oxygens (including phenoxy) is 1. The van der Waals surface area contributed by atoms with Crippen LogP contribution in [0.2, 0.25) is 0 Å². The lowest BCUT2D eigenvalue weighted by Crippen LogP contribution is -2.46. The first-order chi connectivity index (χ1) is 12.3. The third kappa shape index (κ3) is 3.51. The van der Waals surface area contributed by atoms with Crippen LogP contribution in [-0.4, -0.2) is 58.1 Å². The minimum atomic E-state index is 0.425. The topological polar surface area (TPSA) is 67.3 Å². The molecule has 1 fully saturated rings. The molecule has 0 aliphatic carbocycles. The SMILES string of the molecule is COc1nccc(CN2CCN(c3ccc4ncncc4c3)CC2)n1. The highest BCUT2D eigenvalue weighted by Gasteiger charge is 2.18. The maximum absolute atomic E-state index is 5.09. The summed E-state index contributed by atoms with van der Waals surface area (Å²) in [7, 11) is 1.59. The fourth-order valence-electron chi connectivity index (χ4n) is 3.12. The minimum absolute atomic E-state index is 0.425. The summed E-state index contributed by atoms with van der Waals surface area (Å²) in [5.74, 6) is 0. The second-order valence-corrected chi connectivity index (χ2v) is 6.06. The van der Waals surface area contributed by atoms with Crippen LogP contribution >= 0.6 is 0 Å². The molecule has 0 bridgehead atoms. The summed E-state index contributed by atoms with van der Waals surface area (Å²) in [4.78, 5) is 21.7. The fraction of sp³-hybridized carbons (Fsp3) is 0.333. The highest BCUT2D eigenvalue weighted by Crippen LogP contribution is 2.22. The Morgan fingerprint density at radius 1 is 1.08 bits per heavy atom. The van der Waals surface area contributed by atoms with Crippen LogP contribution in [0.3, 0.4) is 0 Å². The molecule has 3 heterocycles. The first-order valence-electron chi connectivity index (χ1n) is 8.35. The molecule has 0 saturated carbocycles. The van der Waals surface area contributed by atoms with E-state index in [2.05, 4.69) is 47.9 Å². The molecule has 128 valence electrons. The number of piperazine rings is 1. The molecule has 7 heteroatoms. The van der Waals surface area contributed by atoms with Gasteiger partial charge in [-0.2, -0.15) is 4.98 Å². The Morgan fingerprint density at radius 2 is 1.96 bits per heavy atom. The van der Waals surface area contributed by atoms with Crippen molar-refractivity contribution in [1.82, 2.24) is 24.8 Å². The number of benzene rings is 1. The number of hydrogen-bond donors (Lipinski definition) is 0. The molecule has 1 aliphatic rings. The molecule has 4 rings (SSSR count). The summed E-state index contributed by atoms with van der Waals surface area (Å²) in [6.45, 7) is 4.78. The number of anilines is 1. The second kappa shape index (κ2) is 6.98. The van der Waals surface area contributed by atoms with E-state index in [4.69, 9.17) is 4.74 Å². The third-order valence-electron chi connectivity index (χ3n) is 4.48. The van der Waals surface area contributed by atoms with E-state index >= 15 is 0 Å². The van der Waals surface area contributed by atoms with Gasteiger partial charge in [-0.25, -0.2) is 15.0 Å². The van der Waals surface area contributed by atoms with Gasteiger partial charge < -0.3 is 9.64 Å². The molecule has 3 aromatic rings. The Bertz CT molecular complexity index is 863. The van der Waals surface area contributed by atoms with Gasteiger partial charge in [0.25, 0.3) is 0 Å². The van der Waals surface area contributed by atoms with Gasteiger partial charge in [-0.05, 0) is 24.3 Å². The van der Waals surface area contributed by atoms with Crippen LogP contribution in [-0.2, 0) is 6.54 Å². The number of fused-ring (bicyclic) bond motifs is 1. The summed E-state index contributed by atoms with van der Waals surface area (Å²) in [6.07, 6.45) is 5.20. The van der Waals surface area contributed by atoms with E-state index in [9.17, 15) is 0 Å². The van der Waals surface area contributed by atoms with Crippen molar-refractivity contribution < 1.29 is 4.74 Å². The van der Waals surface area contributed by atoms with E-state index in [1.165, 1.54) is 5.69 Å². The summed E-state index contributed by atoms with van der Waals surface area (Å²) >= 11 is 0. The highest BCUT2D eigenvalue weighted by atomic mass is 16.5. The lowest BCUT2D eigenvalue weighted by Gasteiger charge is -2.36. The molecular formula is C18H20N6O. The monoisotopic (exact) mass is 336 g/mol. The first-order valence-corrected chi connectivity index (χ1v) is 8.35. The van der Waals surface area contributed by atoms with Crippen molar-refractivity contribution in [2.45, 2.75) is 6.54 Å². The molecule has 7 nitrogen and oxygen atoms in total. The number of methoxy groups -OCH3 is 1. The van der Waals surface area contributed by atoms with Gasteiger partial charge in [-0.15, -0.1) is 0 Å². The molecule has 0 amide bonds. The van der Waals surface area contributed by atoms with Gasteiger partial charge in [0.15, 0.2) is 0 Å². The van der Waals surface area contributed by atoms with E-state index in [-0.39, 0.29) is 0 Å². The molecule has 1 aromatic carbocycles. The van der Waals surface area contributed by atoms with Crippen LogP contribution in [0.1, 0.15) is 5.69 Å². The Labute approximate surface area is 146 Å². The first kappa shape index (κ1) is 15.7. The maximum atomic E-state index is 5.09. The van der Waals surface area contributed by atoms with Crippen LogP contribution in [0, 0.1) is 0 Å². The minimum Gasteiger partial charge on any atom is -0.467 e. The fourth-order valence-corrected chi connectivity index (χ4v) is 3.12. The van der Waals surface area contributed by atoms with Crippen LogP contribution in [0.5, 0.6) is 6.01 Å². The summed E-state index contributed by atoms with van der Waals surface area (Å²) in [6, 6.07) is 8.74. The smallest absolute Gasteiger partial charge is 0.316 e. The Kier molecular flexibility index (Phi) is 4.39. The zero-order chi connectivity index (χ0) is 17.1. The van der Waals surface area contributed by atoms with Crippen molar-refractivity contribution in [3.05, 3.63) is 48.7 Å². The molecule has 25 heavy (non-hydrogen) atoms. The molecule has 0 unspecified atom stereocenters. The number of rotatable bonds is 4. The van der Waals surface area contributed by atoms with Crippen molar-refractivity contribution in [3.8, 4) is 6.01 Å². The average Bonchev–Trinajstić information content (AvgIpc) is 2.68. The average molecular weight is 336 g/mol. The van der Waals surface area contributed by atoms with Crippen molar-refractivity contribution in [1.29, 1.82) is 0 Å². The van der Waals surface area contributed by atoms with Gasteiger partial charge in [-0.1, -0.05) is 0 Å². The molecule has 0 N–H and O–H groups in total. The summed E-state index contributed by atoms with van der Waals surface area (Å²) < 4.78 is 5.09. The van der Waals surface area contributed by atoms with Gasteiger partial charge in [0.05, 0.1) is 18.3 Å². The Morgan fingerprint density at radius 3 is 2.80 bits per heavy atom. The van der Waals surface area contributed by atoms with Gasteiger partial charge >= 0.3 is 6.01 Å². The molecule has 2 aromatic heterocycles. The van der Waals surface area contributed by atoms with E-state index in [1.807, 2.05) is 12.3 Å². The van der Waals surface area contributed by atoms with Crippen molar-refractivity contribution in [2.75, 3.05) is 38.2 Å². The van der Waals surface area contributed by atoms with Crippen LogP contribution in [0.25, 0.3) is 10.9 Å². The van der Waals surface area contributed by atoms with E-state index in [0.717, 1.165) is 49.3 Å². The van der Waals surface area contributed by atoms with Gasteiger partial charge in [0, 0.05) is 56.2 Å². The third-order valence-corrected chi connectivity index (χ3v) is 4.48. The Balaban J connectivity index is 1.40. The Hall–Kier alpha value is -2.80. The molecule has 0 radical (unpaired) electrons. The van der Waals surface area contributed by atoms with Crippen molar-refractivity contribution in [2.24, 2.45) is 0 Å². The van der Waals surface area contributed by atoms with Crippen molar-refractivity contribution in [3.63, 3.8) is 0 Å². The lowest BCUT2D eigenvalue weighted by atomic mass is 10.2. The number of nitrogens with zero attached hydrogens (tertiary/aromatic N) is 6. The molecular weight excluding hydrogens is 316 g/mol. The standard InChI is InChI=1S/C18H20N6O/c1-25-18-20-5-4-15(22-18)12-23-6-8-24(9-7-23)16-2-3-17-14(10-16)11-19-13-21-17/h2-5,10-11,13H,6-9,12H2,1H3. The van der Waals surface area contributed by atoms with E-state index in [1.54, 1.807) is 19.6 Å². The molecule has 1 aliphatic heterocycles. The zero-order valence-electron chi connectivity index (χ0n) is 14.2. The number of hydrogen-bond acceptors (Lipinski definition) is 7. The predicted molar refractivity (Wildman–Crippen MR) is 95.6 cm³/mol. The van der Waals surface area contributed by atoms with Crippen LogP contribution in [0.15, 0.2) is 43.0 Å². The largest absolute Gasteiger partial charge is 0.467 e. The van der Waals surface area contributed by atoms with Crippen LogP contribution in [0.4, 0.5) is 5.69 Å². The molecule has 1 saturated heterocycles. The lowest BCUT2D eigenvalue weighted by molar-refractivity contribution is 0.245. The van der Waals surface area contributed by atoms with Gasteiger partial charge in [-0.3, -0.25) is 4.90 Å². The zero-order valence-corrected chi connectivity index (χ0v) is 14.2. The maximum Gasteiger partial charge on any atom is 0.316 e. The summed E-state index contributed by atoms with van der Waals surface area (Å²) in [5.41, 5.74) is 3.20. The van der Waals surface area contributed by atoms with E-state index < -0.39 is 0 Å². The molecule has 0 atom stereocenters.